The first kappa shape index (κ1) is 22.2. The van der Waals surface area contributed by atoms with Crippen molar-refractivity contribution >= 4 is 40.9 Å². The van der Waals surface area contributed by atoms with Gasteiger partial charge in [-0.25, -0.2) is 4.79 Å². The molecular weight excluding hydrogens is 388 g/mol. The number of carboxylic acid groups (broad SMARTS) is 1. The summed E-state index contributed by atoms with van der Waals surface area (Å²) in [6.45, 7) is 7.15. The Hall–Kier alpha value is -3.06. The zero-order valence-corrected chi connectivity index (χ0v) is 17.6. The molecule has 2 aromatic carbocycles. The second-order valence-electron chi connectivity index (χ2n) is 6.71. The minimum atomic E-state index is -1.14. The largest absolute Gasteiger partial charge is 0.478 e. The molecule has 1 unspecified atom stereocenters. The molecule has 0 aliphatic heterocycles. The van der Waals surface area contributed by atoms with Crippen LogP contribution in [0.2, 0.25) is 0 Å². The number of nitrogens with one attached hydrogen (secondary N) is 2. The van der Waals surface area contributed by atoms with Crippen LogP contribution in [0.3, 0.4) is 0 Å². The smallest absolute Gasteiger partial charge is 0.331 e. The van der Waals surface area contributed by atoms with E-state index in [1.807, 2.05) is 39.0 Å². The van der Waals surface area contributed by atoms with Gasteiger partial charge in [0.25, 0.3) is 0 Å². The van der Waals surface area contributed by atoms with Crippen molar-refractivity contribution < 1.29 is 19.5 Å². The third-order valence-electron chi connectivity index (χ3n) is 4.13. The summed E-state index contributed by atoms with van der Waals surface area (Å²) < 4.78 is 0. The lowest BCUT2D eigenvalue weighted by Gasteiger charge is -2.14. The number of hydrogen-bond acceptors (Lipinski definition) is 4. The zero-order chi connectivity index (χ0) is 21.6. The van der Waals surface area contributed by atoms with Gasteiger partial charge in [-0.3, -0.25) is 9.59 Å². The van der Waals surface area contributed by atoms with Gasteiger partial charge in [-0.15, -0.1) is 11.8 Å². The van der Waals surface area contributed by atoms with Crippen LogP contribution < -0.4 is 10.6 Å². The van der Waals surface area contributed by atoms with Gasteiger partial charge >= 0.3 is 5.97 Å². The molecule has 0 saturated heterocycles. The molecule has 2 amide bonds. The Morgan fingerprint density at radius 3 is 2.28 bits per heavy atom. The fourth-order valence-corrected chi connectivity index (χ4v) is 3.37. The number of rotatable bonds is 7. The van der Waals surface area contributed by atoms with Gasteiger partial charge in [0.05, 0.1) is 5.25 Å². The van der Waals surface area contributed by atoms with Gasteiger partial charge in [-0.05, 0) is 63.6 Å². The fraction of sp³-hybridized carbons (Fsp3) is 0.227. The lowest BCUT2D eigenvalue weighted by Crippen LogP contribution is -2.22. The molecule has 0 aliphatic rings. The number of aryl methyl sites for hydroxylation is 2. The highest BCUT2D eigenvalue weighted by Crippen LogP contribution is 2.26. The van der Waals surface area contributed by atoms with Crippen molar-refractivity contribution in [1.29, 1.82) is 0 Å². The third kappa shape index (κ3) is 6.80. The van der Waals surface area contributed by atoms with Crippen LogP contribution in [-0.2, 0) is 14.4 Å². The van der Waals surface area contributed by atoms with E-state index in [0.717, 1.165) is 27.8 Å². The highest BCUT2D eigenvalue weighted by Gasteiger charge is 2.15. The van der Waals surface area contributed by atoms with E-state index in [-0.39, 0.29) is 16.7 Å². The maximum atomic E-state index is 12.5. The van der Waals surface area contributed by atoms with Crippen molar-refractivity contribution in [3.05, 3.63) is 65.2 Å². The normalized spacial score (nSPS) is 12.2. The van der Waals surface area contributed by atoms with Gasteiger partial charge in [0, 0.05) is 27.9 Å². The Labute approximate surface area is 174 Å². The summed E-state index contributed by atoms with van der Waals surface area (Å²) in [4.78, 5) is 35.9. The highest BCUT2D eigenvalue weighted by atomic mass is 32.2. The van der Waals surface area contributed by atoms with Crippen LogP contribution in [0, 0.1) is 13.8 Å². The number of amides is 2. The lowest BCUT2D eigenvalue weighted by molar-refractivity contribution is -0.132. The number of anilines is 2. The van der Waals surface area contributed by atoms with E-state index < -0.39 is 11.9 Å². The van der Waals surface area contributed by atoms with Gasteiger partial charge in [0.2, 0.25) is 11.8 Å². The van der Waals surface area contributed by atoms with Crippen molar-refractivity contribution in [3.8, 4) is 0 Å². The van der Waals surface area contributed by atoms with Gasteiger partial charge < -0.3 is 15.7 Å². The van der Waals surface area contributed by atoms with Crippen molar-refractivity contribution in [2.75, 3.05) is 10.6 Å². The van der Waals surface area contributed by atoms with Gasteiger partial charge in [0.15, 0.2) is 0 Å². The van der Waals surface area contributed by atoms with Crippen LogP contribution in [0.25, 0.3) is 0 Å². The van der Waals surface area contributed by atoms with Crippen LogP contribution in [0.5, 0.6) is 0 Å². The quantitative estimate of drug-likeness (QED) is 0.463. The first-order valence-electron chi connectivity index (χ1n) is 9.03. The number of carbonyl (C=O) groups excluding carboxylic acids is 2. The zero-order valence-electron chi connectivity index (χ0n) is 16.8. The van der Waals surface area contributed by atoms with Gasteiger partial charge in [-0.1, -0.05) is 17.7 Å². The monoisotopic (exact) mass is 412 g/mol. The second-order valence-corrected chi connectivity index (χ2v) is 8.13. The van der Waals surface area contributed by atoms with Gasteiger partial charge in [-0.2, -0.15) is 0 Å². The third-order valence-corrected chi connectivity index (χ3v) is 5.24. The predicted octanol–water partition coefficient (Wildman–Crippen LogP) is 4.39. The fourth-order valence-electron chi connectivity index (χ4n) is 2.50. The Balaban J connectivity index is 1.94. The highest BCUT2D eigenvalue weighted by molar-refractivity contribution is 8.00. The average Bonchev–Trinajstić information content (AvgIpc) is 2.65. The Bertz CT molecular complexity index is 952. The summed E-state index contributed by atoms with van der Waals surface area (Å²) in [5, 5.41) is 14.0. The van der Waals surface area contributed by atoms with E-state index >= 15 is 0 Å². The topological polar surface area (TPSA) is 95.5 Å². The first-order valence-corrected chi connectivity index (χ1v) is 9.91. The number of carbonyl (C=O) groups is 3. The van der Waals surface area contributed by atoms with E-state index in [1.165, 1.54) is 18.7 Å². The van der Waals surface area contributed by atoms with Crippen molar-refractivity contribution in [2.45, 2.75) is 37.8 Å². The molecule has 0 aromatic heterocycles. The van der Waals surface area contributed by atoms with Gasteiger partial charge in [0.1, 0.15) is 0 Å². The van der Waals surface area contributed by atoms with Crippen molar-refractivity contribution in [1.82, 2.24) is 0 Å². The Morgan fingerprint density at radius 1 is 1.03 bits per heavy atom. The van der Waals surface area contributed by atoms with Crippen LogP contribution in [0.1, 0.15) is 25.0 Å². The molecule has 6 nitrogen and oxygen atoms in total. The molecule has 152 valence electrons. The Kier molecular flexibility index (Phi) is 7.61. The molecule has 2 aromatic rings. The van der Waals surface area contributed by atoms with Crippen LogP contribution in [0.15, 0.2) is 59.0 Å². The molecule has 0 aliphatic carbocycles. The first-order chi connectivity index (χ1) is 13.7. The number of carboxylic acids is 1. The number of thioether (sulfide) groups is 1. The molecule has 0 bridgehead atoms. The number of benzene rings is 2. The van der Waals surface area contributed by atoms with Crippen LogP contribution in [-0.4, -0.2) is 28.1 Å². The minimum Gasteiger partial charge on any atom is -0.478 e. The van der Waals surface area contributed by atoms with Crippen LogP contribution in [0.4, 0.5) is 11.4 Å². The van der Waals surface area contributed by atoms with Crippen molar-refractivity contribution in [3.63, 3.8) is 0 Å². The van der Waals surface area contributed by atoms with Crippen LogP contribution >= 0.6 is 11.8 Å². The molecule has 0 saturated carbocycles. The molecule has 0 radical (unpaired) electrons. The summed E-state index contributed by atoms with van der Waals surface area (Å²) in [7, 11) is 0. The molecular formula is C22H24N2O4S. The standard InChI is InChI=1S/C22H24N2O4S/c1-13-5-10-19(14(2)11-13)24-21(26)16(4)29-18-8-6-17(7-9-18)23-20(25)12-15(3)22(27)28/h5-12,16H,1-4H3,(H,23,25)(H,24,26)(H,27,28)/b15-12-. The van der Waals surface area contributed by atoms with E-state index in [1.54, 1.807) is 24.3 Å². The summed E-state index contributed by atoms with van der Waals surface area (Å²) in [6.07, 6.45) is 1.03. The molecule has 0 heterocycles. The predicted molar refractivity (Wildman–Crippen MR) is 116 cm³/mol. The number of aliphatic carboxylic acids is 1. The summed E-state index contributed by atoms with van der Waals surface area (Å²) >= 11 is 1.41. The van der Waals surface area contributed by atoms with E-state index in [0.29, 0.717) is 5.69 Å². The Morgan fingerprint density at radius 2 is 1.69 bits per heavy atom. The summed E-state index contributed by atoms with van der Waals surface area (Å²) in [5.74, 6) is -1.74. The van der Waals surface area contributed by atoms with Crippen molar-refractivity contribution in [2.24, 2.45) is 0 Å². The second kappa shape index (κ2) is 9.93. The van der Waals surface area contributed by atoms with E-state index in [9.17, 15) is 14.4 Å². The molecule has 0 fully saturated rings. The maximum absolute atomic E-state index is 12.5. The molecule has 1 atom stereocenters. The summed E-state index contributed by atoms with van der Waals surface area (Å²) in [6, 6.07) is 12.9. The molecule has 3 N–H and O–H groups in total. The maximum Gasteiger partial charge on any atom is 0.331 e. The lowest BCUT2D eigenvalue weighted by atomic mass is 10.1. The SMILES string of the molecule is C/C(=C/C(=O)Nc1ccc(SC(C)C(=O)Nc2ccc(C)cc2C)cc1)C(=O)O. The molecule has 7 heteroatoms. The molecule has 0 spiro atoms. The molecule has 2 rings (SSSR count). The van der Waals surface area contributed by atoms with E-state index in [2.05, 4.69) is 10.6 Å². The molecule has 29 heavy (non-hydrogen) atoms. The van der Waals surface area contributed by atoms with E-state index in [4.69, 9.17) is 5.11 Å². The average molecular weight is 413 g/mol. The number of hydrogen-bond donors (Lipinski definition) is 3. The summed E-state index contributed by atoms with van der Waals surface area (Å²) in [5.41, 5.74) is 3.46. The minimum absolute atomic E-state index is 0.0432.